The highest BCUT2D eigenvalue weighted by atomic mass is 79.9. The van der Waals surface area contributed by atoms with Gasteiger partial charge in [-0.1, -0.05) is 42.8 Å². The Morgan fingerprint density at radius 3 is 2.31 bits per heavy atom. The van der Waals surface area contributed by atoms with E-state index < -0.39 is 12.1 Å². The maximum Gasteiger partial charge on any atom is 0.121 e. The third-order valence-corrected chi connectivity index (χ3v) is 3.07. The molecule has 90 valence electrons. The van der Waals surface area contributed by atoms with E-state index in [9.17, 15) is 10.2 Å². The number of aliphatic hydroxyl groups is 1. The zero-order valence-electron chi connectivity index (χ0n) is 9.74. The van der Waals surface area contributed by atoms with Gasteiger partial charge in [-0.15, -0.1) is 0 Å². The van der Waals surface area contributed by atoms with Gasteiger partial charge in [0.25, 0.3) is 0 Å². The third kappa shape index (κ3) is 2.97. The van der Waals surface area contributed by atoms with E-state index in [0.717, 1.165) is 4.47 Å². The first-order chi connectivity index (χ1) is 7.23. The molecule has 0 bridgehead atoms. The molecule has 0 radical (unpaired) electrons. The second kappa shape index (κ2) is 4.73. The van der Waals surface area contributed by atoms with Crippen molar-refractivity contribution in [1.29, 1.82) is 0 Å². The Morgan fingerprint density at radius 1 is 1.31 bits per heavy atom. The number of phenols is 1. The lowest BCUT2D eigenvalue weighted by atomic mass is 9.82. The summed E-state index contributed by atoms with van der Waals surface area (Å²) in [6.07, 6.45) is -0.709. The number of aromatic hydroxyl groups is 1. The molecule has 1 aromatic carbocycles. The predicted molar refractivity (Wildman–Crippen MR) is 68.2 cm³/mol. The molecule has 0 saturated carbocycles. The van der Waals surface area contributed by atoms with E-state index in [1.807, 2.05) is 20.8 Å². The van der Waals surface area contributed by atoms with Crippen LogP contribution in [0.25, 0.3) is 0 Å². The highest BCUT2D eigenvalue weighted by Gasteiger charge is 2.30. The fourth-order valence-electron chi connectivity index (χ4n) is 1.51. The topological polar surface area (TPSA) is 66.5 Å². The second-order valence-electron chi connectivity index (χ2n) is 5.04. The molecule has 0 aliphatic rings. The van der Waals surface area contributed by atoms with Crippen molar-refractivity contribution in [2.45, 2.75) is 32.9 Å². The van der Waals surface area contributed by atoms with Crippen LogP contribution in [-0.4, -0.2) is 16.3 Å². The second-order valence-corrected chi connectivity index (χ2v) is 5.96. The number of rotatable bonds is 2. The van der Waals surface area contributed by atoms with Crippen molar-refractivity contribution in [3.8, 4) is 5.75 Å². The van der Waals surface area contributed by atoms with Gasteiger partial charge in [-0.3, -0.25) is 0 Å². The molecular weight excluding hydrogens is 270 g/mol. The summed E-state index contributed by atoms with van der Waals surface area (Å²) in [4.78, 5) is 0. The van der Waals surface area contributed by atoms with Crippen LogP contribution in [0.15, 0.2) is 22.7 Å². The standard InChI is InChI=1S/C12H18BrNO2/c1-12(2,3)11(16)10(14)8-5-4-7(13)6-9(8)15/h4-6,10-11,15-16H,14H2,1-3H3/t10-,11-/m0/s1. The van der Waals surface area contributed by atoms with Crippen LogP contribution in [0.1, 0.15) is 32.4 Å². The number of benzene rings is 1. The van der Waals surface area contributed by atoms with Crippen LogP contribution in [0.3, 0.4) is 0 Å². The quantitative estimate of drug-likeness (QED) is 0.783. The fraction of sp³-hybridized carbons (Fsp3) is 0.500. The highest BCUT2D eigenvalue weighted by Crippen LogP contribution is 2.33. The minimum Gasteiger partial charge on any atom is -0.508 e. The Balaban J connectivity index is 3.01. The Hall–Kier alpha value is -0.580. The monoisotopic (exact) mass is 287 g/mol. The van der Waals surface area contributed by atoms with Crippen molar-refractivity contribution in [1.82, 2.24) is 0 Å². The fourth-order valence-corrected chi connectivity index (χ4v) is 1.86. The lowest BCUT2D eigenvalue weighted by Gasteiger charge is -2.31. The average molecular weight is 288 g/mol. The normalized spacial score (nSPS) is 15.9. The molecule has 0 fully saturated rings. The van der Waals surface area contributed by atoms with Crippen LogP contribution in [-0.2, 0) is 0 Å². The number of nitrogens with two attached hydrogens (primary N) is 1. The van der Waals surface area contributed by atoms with Crippen LogP contribution >= 0.6 is 15.9 Å². The molecule has 1 aromatic rings. The SMILES string of the molecule is CC(C)(C)[C@@H](O)[C@@H](N)c1ccc(Br)cc1O. The predicted octanol–water partition coefficient (Wildman–Crippen LogP) is 2.56. The van der Waals surface area contributed by atoms with Crippen molar-refractivity contribution < 1.29 is 10.2 Å². The Morgan fingerprint density at radius 2 is 1.88 bits per heavy atom. The van der Waals surface area contributed by atoms with Crippen LogP contribution in [0.2, 0.25) is 0 Å². The molecular formula is C12H18BrNO2. The molecule has 16 heavy (non-hydrogen) atoms. The molecule has 0 heterocycles. The Labute approximate surface area is 104 Å². The zero-order valence-corrected chi connectivity index (χ0v) is 11.3. The summed E-state index contributed by atoms with van der Waals surface area (Å²) in [6, 6.07) is 4.50. The summed E-state index contributed by atoms with van der Waals surface area (Å²) < 4.78 is 0.784. The van der Waals surface area contributed by atoms with Gasteiger partial charge in [0, 0.05) is 10.0 Å². The van der Waals surface area contributed by atoms with Crippen LogP contribution in [0.4, 0.5) is 0 Å². The van der Waals surface area contributed by atoms with Crippen LogP contribution in [0.5, 0.6) is 5.75 Å². The van der Waals surface area contributed by atoms with Crippen molar-refractivity contribution >= 4 is 15.9 Å². The first-order valence-corrected chi connectivity index (χ1v) is 5.95. The van der Waals surface area contributed by atoms with Crippen molar-refractivity contribution in [3.63, 3.8) is 0 Å². The van der Waals surface area contributed by atoms with Gasteiger partial charge in [-0.2, -0.15) is 0 Å². The van der Waals surface area contributed by atoms with Gasteiger partial charge in [-0.05, 0) is 17.5 Å². The summed E-state index contributed by atoms with van der Waals surface area (Å²) in [5.41, 5.74) is 6.19. The van der Waals surface area contributed by atoms with E-state index in [-0.39, 0.29) is 11.2 Å². The van der Waals surface area contributed by atoms with Crippen LogP contribution in [0, 0.1) is 5.41 Å². The van der Waals surface area contributed by atoms with Crippen molar-refractivity contribution in [2.75, 3.05) is 0 Å². The van der Waals surface area contributed by atoms with E-state index in [4.69, 9.17) is 5.73 Å². The minimum atomic E-state index is -0.709. The lowest BCUT2D eigenvalue weighted by molar-refractivity contribution is 0.0395. The van der Waals surface area contributed by atoms with E-state index in [1.54, 1.807) is 18.2 Å². The first-order valence-electron chi connectivity index (χ1n) is 5.15. The number of halogens is 1. The maximum absolute atomic E-state index is 10.1. The number of aliphatic hydroxyl groups excluding tert-OH is 1. The molecule has 0 spiro atoms. The van der Waals surface area contributed by atoms with E-state index >= 15 is 0 Å². The molecule has 0 unspecified atom stereocenters. The van der Waals surface area contributed by atoms with E-state index in [0.29, 0.717) is 5.56 Å². The lowest BCUT2D eigenvalue weighted by Crippen LogP contribution is -2.36. The molecule has 4 N–H and O–H groups in total. The molecule has 4 heteroatoms. The van der Waals surface area contributed by atoms with E-state index in [1.165, 1.54) is 0 Å². The number of hydrogen-bond donors (Lipinski definition) is 3. The average Bonchev–Trinajstić information content (AvgIpc) is 2.14. The molecule has 0 amide bonds. The zero-order chi connectivity index (χ0) is 12.5. The number of hydrogen-bond acceptors (Lipinski definition) is 3. The summed E-state index contributed by atoms with van der Waals surface area (Å²) in [5.74, 6) is 0.102. The summed E-state index contributed by atoms with van der Waals surface area (Å²) in [7, 11) is 0. The van der Waals surface area contributed by atoms with Gasteiger partial charge in [0.05, 0.1) is 12.1 Å². The summed E-state index contributed by atoms with van der Waals surface area (Å²) in [5, 5.41) is 19.8. The number of phenolic OH excluding ortho intramolecular Hbond substituents is 1. The van der Waals surface area contributed by atoms with Gasteiger partial charge in [0.1, 0.15) is 5.75 Å². The summed E-state index contributed by atoms with van der Waals surface area (Å²) >= 11 is 3.26. The minimum absolute atomic E-state index is 0.102. The van der Waals surface area contributed by atoms with E-state index in [2.05, 4.69) is 15.9 Å². The van der Waals surface area contributed by atoms with Crippen molar-refractivity contribution in [2.24, 2.45) is 11.1 Å². The largest absolute Gasteiger partial charge is 0.508 e. The van der Waals surface area contributed by atoms with Gasteiger partial charge in [0.15, 0.2) is 0 Å². The Kier molecular flexibility index (Phi) is 3.99. The molecule has 0 aliphatic carbocycles. The molecule has 0 aromatic heterocycles. The molecule has 0 saturated heterocycles. The maximum atomic E-state index is 10.1. The molecule has 2 atom stereocenters. The van der Waals surface area contributed by atoms with Gasteiger partial charge in [0.2, 0.25) is 0 Å². The Bertz CT molecular complexity index is 374. The first kappa shape index (κ1) is 13.5. The smallest absolute Gasteiger partial charge is 0.121 e. The molecule has 0 aliphatic heterocycles. The van der Waals surface area contributed by atoms with Gasteiger partial charge >= 0.3 is 0 Å². The van der Waals surface area contributed by atoms with Gasteiger partial charge < -0.3 is 15.9 Å². The summed E-state index contributed by atoms with van der Waals surface area (Å²) in [6.45, 7) is 5.73. The third-order valence-electron chi connectivity index (χ3n) is 2.58. The van der Waals surface area contributed by atoms with Gasteiger partial charge in [-0.25, -0.2) is 0 Å². The molecule has 1 rings (SSSR count). The molecule has 3 nitrogen and oxygen atoms in total. The van der Waals surface area contributed by atoms with Crippen molar-refractivity contribution in [3.05, 3.63) is 28.2 Å². The van der Waals surface area contributed by atoms with Crippen LogP contribution < -0.4 is 5.73 Å². The highest BCUT2D eigenvalue weighted by molar-refractivity contribution is 9.10.